The zero-order chi connectivity index (χ0) is 12.5. The number of esters is 1. The van der Waals surface area contributed by atoms with Crippen molar-refractivity contribution in [3.8, 4) is 0 Å². The van der Waals surface area contributed by atoms with Gasteiger partial charge in [-0.1, -0.05) is 52.4 Å². The SMILES string of the molecule is [CH2]CCCC1CCCC(CCOC(=O)CC)C1. The molecule has 2 atom stereocenters. The number of unbranched alkanes of at least 4 members (excludes halogenated alkanes) is 1. The average Bonchev–Trinajstić information content (AvgIpc) is 2.36. The summed E-state index contributed by atoms with van der Waals surface area (Å²) in [7, 11) is 0. The average molecular weight is 239 g/mol. The van der Waals surface area contributed by atoms with Crippen LogP contribution in [0.4, 0.5) is 0 Å². The molecule has 0 N–H and O–H groups in total. The van der Waals surface area contributed by atoms with Crippen LogP contribution in [0.3, 0.4) is 0 Å². The lowest BCUT2D eigenvalue weighted by atomic mass is 9.78. The van der Waals surface area contributed by atoms with Crippen LogP contribution in [-0.4, -0.2) is 12.6 Å². The Labute approximate surface area is 106 Å². The monoisotopic (exact) mass is 239 g/mol. The molecule has 17 heavy (non-hydrogen) atoms. The van der Waals surface area contributed by atoms with E-state index in [1.807, 2.05) is 6.92 Å². The molecule has 1 fully saturated rings. The molecule has 1 aliphatic rings. The molecule has 0 aliphatic heterocycles. The Morgan fingerprint density at radius 2 is 2.00 bits per heavy atom. The Bertz CT molecular complexity index is 213. The number of carbonyl (C=O) groups is 1. The summed E-state index contributed by atoms with van der Waals surface area (Å²) in [5.74, 6) is 1.62. The van der Waals surface area contributed by atoms with Crippen molar-refractivity contribution in [3.05, 3.63) is 6.92 Å². The fourth-order valence-corrected chi connectivity index (χ4v) is 2.80. The maximum Gasteiger partial charge on any atom is 0.305 e. The van der Waals surface area contributed by atoms with Crippen LogP contribution in [0.25, 0.3) is 0 Å². The first-order chi connectivity index (χ1) is 8.26. The van der Waals surface area contributed by atoms with Gasteiger partial charge in [0.05, 0.1) is 6.61 Å². The van der Waals surface area contributed by atoms with Crippen molar-refractivity contribution in [1.29, 1.82) is 0 Å². The Hall–Kier alpha value is -0.530. The van der Waals surface area contributed by atoms with E-state index >= 15 is 0 Å². The van der Waals surface area contributed by atoms with Gasteiger partial charge in [0.15, 0.2) is 0 Å². The Morgan fingerprint density at radius 1 is 1.29 bits per heavy atom. The van der Waals surface area contributed by atoms with Crippen LogP contribution in [-0.2, 0) is 9.53 Å². The molecular formula is C15H27O2. The summed E-state index contributed by atoms with van der Waals surface area (Å²) < 4.78 is 5.16. The summed E-state index contributed by atoms with van der Waals surface area (Å²) in [6, 6.07) is 0. The minimum Gasteiger partial charge on any atom is -0.466 e. The Kier molecular flexibility index (Phi) is 7.30. The third-order valence-corrected chi connectivity index (χ3v) is 3.83. The van der Waals surface area contributed by atoms with E-state index in [1.165, 1.54) is 38.5 Å². The molecule has 1 radical (unpaired) electrons. The van der Waals surface area contributed by atoms with Gasteiger partial charge < -0.3 is 4.74 Å². The maximum atomic E-state index is 11.0. The number of rotatable bonds is 7. The van der Waals surface area contributed by atoms with E-state index in [9.17, 15) is 4.79 Å². The normalized spacial score (nSPS) is 24.6. The van der Waals surface area contributed by atoms with Gasteiger partial charge in [0.1, 0.15) is 0 Å². The molecule has 0 amide bonds. The topological polar surface area (TPSA) is 26.3 Å². The van der Waals surface area contributed by atoms with Crippen molar-refractivity contribution in [3.63, 3.8) is 0 Å². The lowest BCUT2D eigenvalue weighted by Crippen LogP contribution is -2.18. The highest BCUT2D eigenvalue weighted by Crippen LogP contribution is 2.33. The van der Waals surface area contributed by atoms with Gasteiger partial charge in [0.2, 0.25) is 0 Å². The first kappa shape index (κ1) is 14.5. The molecule has 0 bridgehead atoms. The minimum absolute atomic E-state index is 0.0607. The summed E-state index contributed by atoms with van der Waals surface area (Å²) in [5.41, 5.74) is 0. The Balaban J connectivity index is 2.13. The molecule has 0 heterocycles. The van der Waals surface area contributed by atoms with Crippen molar-refractivity contribution in [2.24, 2.45) is 11.8 Å². The lowest BCUT2D eigenvalue weighted by molar-refractivity contribution is -0.143. The second kappa shape index (κ2) is 8.54. The minimum atomic E-state index is -0.0607. The van der Waals surface area contributed by atoms with Crippen molar-refractivity contribution in [1.82, 2.24) is 0 Å². The molecule has 2 heteroatoms. The number of ether oxygens (including phenoxy) is 1. The fraction of sp³-hybridized carbons (Fsp3) is 0.867. The molecule has 1 aliphatic carbocycles. The Morgan fingerprint density at radius 3 is 2.65 bits per heavy atom. The molecule has 0 saturated heterocycles. The van der Waals surface area contributed by atoms with E-state index < -0.39 is 0 Å². The van der Waals surface area contributed by atoms with E-state index in [4.69, 9.17) is 4.74 Å². The zero-order valence-corrected chi connectivity index (χ0v) is 11.2. The van der Waals surface area contributed by atoms with Gasteiger partial charge in [-0.3, -0.25) is 4.79 Å². The molecule has 0 spiro atoms. The van der Waals surface area contributed by atoms with E-state index in [0.29, 0.717) is 13.0 Å². The van der Waals surface area contributed by atoms with Crippen LogP contribution in [0, 0.1) is 18.8 Å². The van der Waals surface area contributed by atoms with Crippen molar-refractivity contribution in [2.75, 3.05) is 6.61 Å². The molecule has 99 valence electrons. The summed E-state index contributed by atoms with van der Waals surface area (Å²) in [5, 5.41) is 0. The fourth-order valence-electron chi connectivity index (χ4n) is 2.80. The molecule has 1 saturated carbocycles. The molecule has 2 nitrogen and oxygen atoms in total. The van der Waals surface area contributed by atoms with Crippen LogP contribution in [0.2, 0.25) is 0 Å². The van der Waals surface area contributed by atoms with Gasteiger partial charge in [-0.15, -0.1) is 0 Å². The van der Waals surface area contributed by atoms with E-state index in [1.54, 1.807) is 0 Å². The smallest absolute Gasteiger partial charge is 0.305 e. The summed E-state index contributed by atoms with van der Waals surface area (Å²) in [6.45, 7) is 6.38. The number of hydrogen-bond donors (Lipinski definition) is 0. The highest BCUT2D eigenvalue weighted by Gasteiger charge is 2.21. The van der Waals surface area contributed by atoms with Crippen LogP contribution in [0.15, 0.2) is 0 Å². The maximum absolute atomic E-state index is 11.0. The van der Waals surface area contributed by atoms with E-state index in [-0.39, 0.29) is 5.97 Å². The first-order valence-electron chi connectivity index (χ1n) is 7.21. The van der Waals surface area contributed by atoms with Gasteiger partial charge >= 0.3 is 5.97 Å². The summed E-state index contributed by atoms with van der Waals surface area (Å²) in [4.78, 5) is 11.0. The quantitative estimate of drug-likeness (QED) is 0.624. The van der Waals surface area contributed by atoms with Gasteiger partial charge in [-0.2, -0.15) is 0 Å². The van der Waals surface area contributed by atoms with Crippen molar-refractivity contribution in [2.45, 2.75) is 64.7 Å². The standard InChI is InChI=1S/C15H27O2/c1-3-5-7-13-8-6-9-14(12-13)10-11-17-15(16)4-2/h13-14H,1,3-12H2,2H3. The van der Waals surface area contributed by atoms with Crippen molar-refractivity contribution < 1.29 is 9.53 Å². The largest absolute Gasteiger partial charge is 0.466 e. The predicted molar refractivity (Wildman–Crippen MR) is 70.5 cm³/mol. The third-order valence-electron chi connectivity index (χ3n) is 3.83. The number of carbonyl (C=O) groups excluding carboxylic acids is 1. The highest BCUT2D eigenvalue weighted by atomic mass is 16.5. The molecule has 1 rings (SSSR count). The van der Waals surface area contributed by atoms with Gasteiger partial charge in [0, 0.05) is 6.42 Å². The van der Waals surface area contributed by atoms with Crippen LogP contribution >= 0.6 is 0 Å². The molecular weight excluding hydrogens is 212 g/mol. The second-order valence-corrected chi connectivity index (χ2v) is 5.26. The molecule has 0 aromatic carbocycles. The van der Waals surface area contributed by atoms with Crippen LogP contribution in [0.1, 0.15) is 64.7 Å². The van der Waals surface area contributed by atoms with E-state index in [2.05, 4.69) is 6.92 Å². The number of hydrogen-bond acceptors (Lipinski definition) is 2. The predicted octanol–water partition coefficient (Wildman–Crippen LogP) is 4.14. The summed E-state index contributed by atoms with van der Waals surface area (Å²) >= 11 is 0. The highest BCUT2D eigenvalue weighted by molar-refractivity contribution is 5.68. The lowest BCUT2D eigenvalue weighted by Gasteiger charge is -2.29. The van der Waals surface area contributed by atoms with Gasteiger partial charge in [0.25, 0.3) is 0 Å². The summed E-state index contributed by atoms with van der Waals surface area (Å²) in [6.07, 6.45) is 10.6. The van der Waals surface area contributed by atoms with E-state index in [0.717, 1.165) is 24.7 Å². The van der Waals surface area contributed by atoms with Gasteiger partial charge in [-0.25, -0.2) is 0 Å². The zero-order valence-electron chi connectivity index (χ0n) is 11.2. The molecule has 2 unspecified atom stereocenters. The van der Waals surface area contributed by atoms with Crippen LogP contribution < -0.4 is 0 Å². The van der Waals surface area contributed by atoms with Gasteiger partial charge in [-0.05, 0) is 24.7 Å². The van der Waals surface area contributed by atoms with Crippen LogP contribution in [0.5, 0.6) is 0 Å². The van der Waals surface area contributed by atoms with Crippen molar-refractivity contribution >= 4 is 5.97 Å². The molecule has 0 aromatic heterocycles. The molecule has 0 aromatic rings. The third kappa shape index (κ3) is 6.09. The second-order valence-electron chi connectivity index (χ2n) is 5.26. The first-order valence-corrected chi connectivity index (χ1v) is 7.21.